The molecule has 1 heterocycles. The molecule has 172 valence electrons. The monoisotopic (exact) mass is 490 g/mol. The highest BCUT2D eigenvalue weighted by molar-refractivity contribution is 7.81. The number of benzene rings is 3. The van der Waals surface area contributed by atoms with Crippen molar-refractivity contribution in [1.29, 1.82) is 0 Å². The van der Waals surface area contributed by atoms with Crippen molar-refractivity contribution in [2.45, 2.75) is 20.8 Å². The molecule has 5 nitrogen and oxygen atoms in total. The average molecular weight is 491 g/mol. The maximum Gasteiger partial charge on any atom is 0.270 e. The molecule has 0 aliphatic carbocycles. The van der Waals surface area contributed by atoms with Crippen molar-refractivity contribution in [2.75, 3.05) is 16.9 Å². The molecule has 0 atom stereocenters. The van der Waals surface area contributed by atoms with Crippen molar-refractivity contribution in [1.82, 2.24) is 0 Å². The van der Waals surface area contributed by atoms with Gasteiger partial charge in [-0.3, -0.25) is 19.4 Å². The predicted molar refractivity (Wildman–Crippen MR) is 141 cm³/mol. The van der Waals surface area contributed by atoms with E-state index < -0.39 is 11.8 Å². The zero-order valence-electron chi connectivity index (χ0n) is 19.3. The van der Waals surface area contributed by atoms with E-state index in [4.69, 9.17) is 28.6 Å². The van der Waals surface area contributed by atoms with E-state index in [-0.39, 0.29) is 10.7 Å². The minimum absolute atomic E-state index is 0.00174. The van der Waals surface area contributed by atoms with Gasteiger partial charge in [0.15, 0.2) is 5.11 Å². The van der Waals surface area contributed by atoms with Crippen LogP contribution in [0.4, 0.5) is 11.4 Å². The molecule has 0 bridgehead atoms. The number of ether oxygens (including phenoxy) is 1. The Morgan fingerprint density at radius 1 is 0.882 bits per heavy atom. The molecule has 1 aliphatic rings. The van der Waals surface area contributed by atoms with E-state index >= 15 is 0 Å². The number of rotatable bonds is 4. The smallest absolute Gasteiger partial charge is 0.270 e. The van der Waals surface area contributed by atoms with Crippen LogP contribution in [0.2, 0.25) is 5.02 Å². The molecule has 0 unspecified atom stereocenters. The van der Waals surface area contributed by atoms with Crippen molar-refractivity contribution in [3.8, 4) is 5.75 Å². The molecule has 3 aromatic carbocycles. The molecule has 0 saturated carbocycles. The third-order valence-electron chi connectivity index (χ3n) is 5.60. The summed E-state index contributed by atoms with van der Waals surface area (Å²) in [5.41, 5.74) is 4.71. The van der Waals surface area contributed by atoms with Crippen molar-refractivity contribution in [2.24, 2.45) is 0 Å². The minimum Gasteiger partial charge on any atom is -0.497 e. The zero-order valence-corrected chi connectivity index (χ0v) is 20.8. The molecule has 1 saturated heterocycles. The van der Waals surface area contributed by atoms with Crippen LogP contribution < -0.4 is 14.5 Å². The van der Waals surface area contributed by atoms with Gasteiger partial charge in [-0.2, -0.15) is 0 Å². The van der Waals surface area contributed by atoms with E-state index in [9.17, 15) is 9.59 Å². The summed E-state index contributed by atoms with van der Waals surface area (Å²) >= 11 is 11.8. The lowest BCUT2D eigenvalue weighted by atomic mass is 10.0. The Bertz CT molecular complexity index is 1330. The van der Waals surface area contributed by atoms with Crippen LogP contribution >= 0.6 is 23.8 Å². The maximum absolute atomic E-state index is 13.8. The molecule has 7 heteroatoms. The summed E-state index contributed by atoms with van der Waals surface area (Å²) in [6, 6.07) is 17.9. The van der Waals surface area contributed by atoms with Crippen LogP contribution in [0.15, 0.2) is 66.2 Å². The van der Waals surface area contributed by atoms with Crippen LogP contribution in [-0.4, -0.2) is 24.0 Å². The summed E-state index contributed by atoms with van der Waals surface area (Å²) in [6.45, 7) is 5.86. The third-order valence-corrected chi connectivity index (χ3v) is 6.22. The van der Waals surface area contributed by atoms with Crippen LogP contribution in [0.25, 0.3) is 6.08 Å². The number of aryl methyl sites for hydroxylation is 3. The lowest BCUT2D eigenvalue weighted by molar-refractivity contribution is -0.120. The fourth-order valence-corrected chi connectivity index (χ4v) is 4.64. The quantitative estimate of drug-likeness (QED) is 0.255. The van der Waals surface area contributed by atoms with E-state index in [1.54, 1.807) is 61.7 Å². The fourth-order valence-electron chi connectivity index (χ4n) is 4.15. The van der Waals surface area contributed by atoms with Gasteiger partial charge in [-0.1, -0.05) is 47.5 Å². The van der Waals surface area contributed by atoms with Crippen molar-refractivity contribution in [3.05, 3.63) is 93.5 Å². The van der Waals surface area contributed by atoms with E-state index in [0.717, 1.165) is 16.7 Å². The number of methoxy groups -OCH3 is 1. The lowest BCUT2D eigenvalue weighted by Crippen LogP contribution is -2.57. The number of nitrogens with zero attached hydrogens (tertiary/aromatic N) is 2. The third kappa shape index (κ3) is 4.34. The van der Waals surface area contributed by atoms with Gasteiger partial charge in [-0.15, -0.1) is 0 Å². The molecular formula is C27H23ClN2O3S. The van der Waals surface area contributed by atoms with E-state index in [1.165, 1.54) is 9.80 Å². The number of halogens is 1. The number of hydrogen-bond donors (Lipinski definition) is 0. The number of thiocarbonyl (C=S) groups is 1. The first-order valence-electron chi connectivity index (χ1n) is 10.6. The highest BCUT2D eigenvalue weighted by atomic mass is 35.5. The summed E-state index contributed by atoms with van der Waals surface area (Å²) in [4.78, 5) is 30.3. The molecule has 1 aliphatic heterocycles. The fraction of sp³-hybridized carbons (Fsp3) is 0.148. The molecule has 0 N–H and O–H groups in total. The van der Waals surface area contributed by atoms with Crippen LogP contribution in [0, 0.1) is 20.8 Å². The van der Waals surface area contributed by atoms with Crippen LogP contribution in [0.1, 0.15) is 22.3 Å². The zero-order chi connectivity index (χ0) is 24.6. The number of hydrogen-bond acceptors (Lipinski definition) is 4. The first kappa shape index (κ1) is 23.7. The van der Waals surface area contributed by atoms with Crippen LogP contribution in [0.5, 0.6) is 5.75 Å². The van der Waals surface area contributed by atoms with Gasteiger partial charge < -0.3 is 4.74 Å². The van der Waals surface area contributed by atoms with Gasteiger partial charge in [0.2, 0.25) is 0 Å². The first-order chi connectivity index (χ1) is 16.2. The number of anilines is 2. The van der Waals surface area contributed by atoms with E-state index in [1.807, 2.05) is 32.9 Å². The summed E-state index contributed by atoms with van der Waals surface area (Å²) in [6.07, 6.45) is 1.57. The van der Waals surface area contributed by atoms with Crippen LogP contribution in [0.3, 0.4) is 0 Å². The molecule has 0 spiro atoms. The SMILES string of the molecule is COc1cccc(N2C(=O)C(=Cc3ccc(Cl)cc3)C(=O)N(c3c(C)cc(C)cc3C)C2=S)c1. The Morgan fingerprint density at radius 3 is 2.12 bits per heavy atom. The predicted octanol–water partition coefficient (Wildman–Crippen LogP) is 6.02. The largest absolute Gasteiger partial charge is 0.497 e. The Hall–Kier alpha value is -3.48. The van der Waals surface area contributed by atoms with Gasteiger partial charge >= 0.3 is 0 Å². The van der Waals surface area contributed by atoms with Crippen LogP contribution in [-0.2, 0) is 9.59 Å². The Morgan fingerprint density at radius 2 is 1.50 bits per heavy atom. The van der Waals surface area contributed by atoms with Gasteiger partial charge in [-0.05, 0) is 80.0 Å². The summed E-state index contributed by atoms with van der Waals surface area (Å²) in [7, 11) is 1.55. The van der Waals surface area contributed by atoms with Gasteiger partial charge in [0.05, 0.1) is 18.5 Å². The molecule has 1 fully saturated rings. The maximum atomic E-state index is 13.8. The molecule has 0 aromatic heterocycles. The summed E-state index contributed by atoms with van der Waals surface area (Å²) < 4.78 is 5.34. The average Bonchev–Trinajstić information content (AvgIpc) is 2.79. The molecule has 0 radical (unpaired) electrons. The molecule has 2 amide bonds. The van der Waals surface area contributed by atoms with E-state index in [0.29, 0.717) is 27.7 Å². The van der Waals surface area contributed by atoms with Crippen molar-refractivity contribution < 1.29 is 14.3 Å². The van der Waals surface area contributed by atoms with Gasteiger partial charge in [0, 0.05) is 11.1 Å². The van der Waals surface area contributed by atoms with Gasteiger partial charge in [-0.25, -0.2) is 0 Å². The number of carbonyl (C=O) groups excluding carboxylic acids is 2. The normalized spacial score (nSPS) is 15.3. The Kier molecular flexibility index (Phi) is 6.55. The lowest BCUT2D eigenvalue weighted by Gasteiger charge is -2.38. The molecule has 4 rings (SSSR count). The van der Waals surface area contributed by atoms with Gasteiger partial charge in [0.1, 0.15) is 11.3 Å². The molecule has 3 aromatic rings. The topological polar surface area (TPSA) is 49.9 Å². The second-order valence-electron chi connectivity index (χ2n) is 8.12. The highest BCUT2D eigenvalue weighted by Gasteiger charge is 2.42. The van der Waals surface area contributed by atoms with Crippen molar-refractivity contribution >= 4 is 58.2 Å². The summed E-state index contributed by atoms with van der Waals surface area (Å²) in [5.74, 6) is -0.404. The minimum atomic E-state index is -0.503. The van der Waals surface area contributed by atoms with Crippen molar-refractivity contribution in [3.63, 3.8) is 0 Å². The second-order valence-corrected chi connectivity index (χ2v) is 8.92. The first-order valence-corrected chi connectivity index (χ1v) is 11.4. The summed E-state index contributed by atoms with van der Waals surface area (Å²) in [5, 5.41) is 0.654. The van der Waals surface area contributed by atoms with E-state index in [2.05, 4.69) is 0 Å². The second kappa shape index (κ2) is 9.41. The highest BCUT2D eigenvalue weighted by Crippen LogP contribution is 2.35. The Labute approximate surface area is 209 Å². The number of amides is 2. The molecular weight excluding hydrogens is 468 g/mol. The standard InChI is InChI=1S/C27H23ClN2O3S/c1-16-12-17(2)24(18(3)13-16)30-26(32)23(14-19-8-10-20(28)11-9-19)25(31)29(27(30)34)21-6-5-7-22(15-21)33-4/h5-15H,1-4H3. The van der Waals surface area contributed by atoms with Gasteiger partial charge in [0.25, 0.3) is 11.8 Å². The molecule has 34 heavy (non-hydrogen) atoms. The number of carbonyl (C=O) groups is 2. The Balaban J connectivity index is 1.93.